The summed E-state index contributed by atoms with van der Waals surface area (Å²) < 4.78 is 52.4. The van der Waals surface area contributed by atoms with Gasteiger partial charge in [0.15, 0.2) is 0 Å². The Kier molecular flexibility index (Phi) is 5.12. The molecule has 2 aromatic carbocycles. The van der Waals surface area contributed by atoms with Crippen LogP contribution in [0.5, 0.6) is 0 Å². The van der Waals surface area contributed by atoms with E-state index in [4.69, 9.17) is 0 Å². The zero-order valence-electron chi connectivity index (χ0n) is 15.8. The van der Waals surface area contributed by atoms with Crippen LogP contribution in [-0.4, -0.2) is 56.9 Å². The van der Waals surface area contributed by atoms with E-state index in [1.807, 2.05) is 0 Å². The molecule has 2 aromatic rings. The predicted molar refractivity (Wildman–Crippen MR) is 108 cm³/mol. The number of carbonyl (C=O) groups excluding carboxylic acids is 2. The summed E-state index contributed by atoms with van der Waals surface area (Å²) in [5, 5.41) is 2.48. The van der Waals surface area contributed by atoms with Crippen LogP contribution in [0.25, 0.3) is 0 Å². The van der Waals surface area contributed by atoms with Crippen LogP contribution < -0.4 is 5.32 Å². The maximum absolute atomic E-state index is 12.7. The number of benzene rings is 2. The van der Waals surface area contributed by atoms with Gasteiger partial charge in [-0.2, -0.15) is 4.31 Å². The Hall–Kier alpha value is -2.76. The predicted octanol–water partition coefficient (Wildman–Crippen LogP) is 1.25. The average Bonchev–Trinajstić information content (AvgIpc) is 3.32. The van der Waals surface area contributed by atoms with Crippen LogP contribution in [0.2, 0.25) is 0 Å². The van der Waals surface area contributed by atoms with Crippen molar-refractivity contribution in [2.24, 2.45) is 0 Å². The number of hydrogen-bond donors (Lipinski definition) is 1. The van der Waals surface area contributed by atoms with Crippen molar-refractivity contribution in [3.05, 3.63) is 54.1 Å². The third-order valence-corrected chi connectivity index (χ3v) is 8.70. The molecule has 2 aliphatic rings. The summed E-state index contributed by atoms with van der Waals surface area (Å²) in [7, 11) is -7.77. The maximum Gasteiger partial charge on any atom is 0.269 e. The molecular formula is C19H19N3O6S2. The second-order valence-electron chi connectivity index (χ2n) is 7.00. The number of anilines is 1. The van der Waals surface area contributed by atoms with Gasteiger partial charge in [-0.3, -0.25) is 9.59 Å². The van der Waals surface area contributed by atoms with Gasteiger partial charge >= 0.3 is 0 Å². The quantitative estimate of drug-likeness (QED) is 0.733. The molecule has 0 unspecified atom stereocenters. The van der Waals surface area contributed by atoms with Gasteiger partial charge in [0, 0.05) is 18.8 Å². The van der Waals surface area contributed by atoms with Gasteiger partial charge in [-0.25, -0.2) is 21.1 Å². The summed E-state index contributed by atoms with van der Waals surface area (Å²) in [6.45, 7) is 0.196. The molecule has 0 aliphatic carbocycles. The van der Waals surface area contributed by atoms with E-state index < -0.39 is 38.4 Å². The van der Waals surface area contributed by atoms with Crippen LogP contribution >= 0.6 is 0 Å². The smallest absolute Gasteiger partial charge is 0.269 e. The van der Waals surface area contributed by atoms with Gasteiger partial charge in [-0.15, -0.1) is 0 Å². The summed E-state index contributed by atoms with van der Waals surface area (Å²) in [6, 6.07) is 11.5. The number of amides is 2. The minimum atomic E-state index is -4.11. The van der Waals surface area contributed by atoms with Crippen molar-refractivity contribution in [3.8, 4) is 0 Å². The first-order valence-electron chi connectivity index (χ1n) is 9.27. The van der Waals surface area contributed by atoms with E-state index in [0.29, 0.717) is 17.4 Å². The molecule has 11 heteroatoms. The Morgan fingerprint density at radius 2 is 1.73 bits per heavy atom. The molecule has 1 saturated heterocycles. The zero-order chi connectivity index (χ0) is 21.5. The lowest BCUT2D eigenvalue weighted by Gasteiger charge is -2.17. The molecule has 1 fully saturated rings. The Balaban J connectivity index is 1.51. The normalized spacial score (nSPS) is 18.4. The molecule has 4 rings (SSSR count). The van der Waals surface area contributed by atoms with Crippen LogP contribution in [0.4, 0.5) is 5.69 Å². The lowest BCUT2D eigenvalue weighted by Crippen LogP contribution is -2.37. The molecule has 158 valence electrons. The van der Waals surface area contributed by atoms with Gasteiger partial charge in [-0.05, 0) is 43.2 Å². The Bertz CT molecular complexity index is 1230. The molecule has 2 heterocycles. The average molecular weight is 450 g/mol. The maximum atomic E-state index is 12.7. The fourth-order valence-electron chi connectivity index (χ4n) is 3.53. The van der Waals surface area contributed by atoms with Crippen molar-refractivity contribution in [1.29, 1.82) is 0 Å². The molecular weight excluding hydrogens is 430 g/mol. The molecule has 0 spiro atoms. The molecule has 2 amide bonds. The van der Waals surface area contributed by atoms with E-state index in [0.717, 1.165) is 12.8 Å². The molecule has 0 saturated carbocycles. The van der Waals surface area contributed by atoms with Crippen molar-refractivity contribution in [3.63, 3.8) is 0 Å². The lowest BCUT2D eigenvalue weighted by molar-refractivity contribution is -0.116. The highest BCUT2D eigenvalue weighted by Crippen LogP contribution is 2.30. The van der Waals surface area contributed by atoms with Crippen molar-refractivity contribution in [1.82, 2.24) is 8.61 Å². The fraction of sp³-hybridized carbons (Fsp3) is 0.263. The third kappa shape index (κ3) is 3.48. The first-order chi connectivity index (χ1) is 14.2. The molecule has 2 aliphatic heterocycles. The molecule has 30 heavy (non-hydrogen) atoms. The monoisotopic (exact) mass is 449 g/mol. The van der Waals surface area contributed by atoms with Crippen LogP contribution in [0.1, 0.15) is 23.2 Å². The minimum absolute atomic E-state index is 0.0176. The van der Waals surface area contributed by atoms with Gasteiger partial charge in [-0.1, -0.05) is 18.2 Å². The SMILES string of the molecule is O=C(CN1C(=O)c2ccccc2S1(=O)=O)Nc1cccc(S(=O)(=O)N2CCCC2)c1. The second kappa shape index (κ2) is 7.49. The number of rotatable bonds is 5. The number of sulfonamides is 2. The summed E-state index contributed by atoms with van der Waals surface area (Å²) >= 11 is 0. The number of fused-ring (bicyclic) bond motifs is 1. The van der Waals surface area contributed by atoms with E-state index in [9.17, 15) is 26.4 Å². The van der Waals surface area contributed by atoms with Crippen molar-refractivity contribution < 1.29 is 26.4 Å². The molecule has 0 aromatic heterocycles. The van der Waals surface area contributed by atoms with Gasteiger partial charge in [0.1, 0.15) is 11.4 Å². The van der Waals surface area contributed by atoms with Gasteiger partial charge in [0.25, 0.3) is 15.9 Å². The minimum Gasteiger partial charge on any atom is -0.324 e. The van der Waals surface area contributed by atoms with E-state index in [-0.39, 0.29) is 21.0 Å². The van der Waals surface area contributed by atoms with Crippen molar-refractivity contribution in [2.75, 3.05) is 25.0 Å². The highest BCUT2D eigenvalue weighted by atomic mass is 32.2. The summed E-state index contributed by atoms with van der Waals surface area (Å²) in [6.07, 6.45) is 1.60. The van der Waals surface area contributed by atoms with Crippen molar-refractivity contribution >= 4 is 37.5 Å². The molecule has 9 nitrogen and oxygen atoms in total. The number of hydrogen-bond acceptors (Lipinski definition) is 6. The topological polar surface area (TPSA) is 121 Å². The highest BCUT2D eigenvalue weighted by Gasteiger charge is 2.41. The first kappa shape index (κ1) is 20.5. The van der Waals surface area contributed by atoms with E-state index >= 15 is 0 Å². The Morgan fingerprint density at radius 3 is 2.43 bits per heavy atom. The molecule has 0 radical (unpaired) electrons. The van der Waals surface area contributed by atoms with Crippen LogP contribution in [-0.2, 0) is 24.8 Å². The van der Waals surface area contributed by atoms with E-state index in [1.165, 1.54) is 46.8 Å². The zero-order valence-corrected chi connectivity index (χ0v) is 17.4. The molecule has 0 atom stereocenters. The summed E-state index contributed by atoms with van der Waals surface area (Å²) in [5.74, 6) is -1.53. The largest absolute Gasteiger partial charge is 0.324 e. The standard InChI is InChI=1S/C19H19N3O6S2/c23-18(13-22-19(24)16-8-1-2-9-17(16)30(22,27)28)20-14-6-5-7-15(12-14)29(25,26)21-10-3-4-11-21/h1-2,5-9,12H,3-4,10-11,13H2,(H,20,23). The van der Waals surface area contributed by atoms with Crippen molar-refractivity contribution in [2.45, 2.75) is 22.6 Å². The molecule has 1 N–H and O–H groups in total. The number of nitrogens with zero attached hydrogens (tertiary/aromatic N) is 2. The Labute approximate surface area is 174 Å². The summed E-state index contributed by atoms with van der Waals surface area (Å²) in [5.41, 5.74) is 0.214. The van der Waals surface area contributed by atoms with Crippen LogP contribution in [0.15, 0.2) is 58.3 Å². The van der Waals surface area contributed by atoms with E-state index in [1.54, 1.807) is 6.07 Å². The Morgan fingerprint density at radius 1 is 1.03 bits per heavy atom. The van der Waals surface area contributed by atoms with Crippen LogP contribution in [0, 0.1) is 0 Å². The highest BCUT2D eigenvalue weighted by molar-refractivity contribution is 7.90. The summed E-state index contributed by atoms with van der Waals surface area (Å²) in [4.78, 5) is 24.8. The lowest BCUT2D eigenvalue weighted by atomic mass is 10.2. The number of carbonyl (C=O) groups is 2. The molecule has 0 bridgehead atoms. The van der Waals surface area contributed by atoms with E-state index in [2.05, 4.69) is 5.32 Å². The van der Waals surface area contributed by atoms with Gasteiger partial charge < -0.3 is 5.32 Å². The first-order valence-corrected chi connectivity index (χ1v) is 12.2. The fourth-order valence-corrected chi connectivity index (χ4v) is 6.62. The number of nitrogens with one attached hydrogen (secondary N) is 1. The second-order valence-corrected chi connectivity index (χ2v) is 10.8. The van der Waals surface area contributed by atoms with Crippen LogP contribution in [0.3, 0.4) is 0 Å². The third-order valence-electron chi connectivity index (χ3n) is 5.02. The van der Waals surface area contributed by atoms with Gasteiger partial charge in [0.05, 0.1) is 10.5 Å². The van der Waals surface area contributed by atoms with Gasteiger partial charge in [0.2, 0.25) is 15.9 Å².